The fourth-order valence-electron chi connectivity index (χ4n) is 7.42. The molecule has 0 spiro atoms. The van der Waals surface area contributed by atoms with Crippen LogP contribution in [0.5, 0.6) is 0 Å². The van der Waals surface area contributed by atoms with Crippen LogP contribution in [0.1, 0.15) is 0 Å². The van der Waals surface area contributed by atoms with Gasteiger partial charge in [-0.05, 0) is 53.9 Å². The van der Waals surface area contributed by atoms with E-state index in [2.05, 4.69) is 155 Å². The molecule has 0 bridgehead atoms. The molecule has 0 atom stereocenters. The minimum Gasteiger partial charge on any atom is -0.317 e. The van der Waals surface area contributed by atoms with Crippen LogP contribution in [-0.2, 0) is 0 Å². The molecule has 3 aromatic heterocycles. The summed E-state index contributed by atoms with van der Waals surface area (Å²) in [5, 5.41) is 6.21. The van der Waals surface area contributed by atoms with Crippen LogP contribution in [0.2, 0.25) is 0 Å². The molecule has 0 amide bonds. The maximum Gasteiger partial charge on any atom is 0.160 e. The van der Waals surface area contributed by atoms with Gasteiger partial charge in [0.1, 0.15) is 0 Å². The number of nitrogens with zero attached hydrogens (tertiary/aromatic N) is 4. The highest BCUT2D eigenvalue weighted by Crippen LogP contribution is 2.39. The van der Waals surface area contributed by atoms with Crippen molar-refractivity contribution in [3.05, 3.63) is 182 Å². The zero-order valence-corrected chi connectivity index (χ0v) is 27.1. The second-order valence-electron chi connectivity index (χ2n) is 12.7. The van der Waals surface area contributed by atoms with Crippen LogP contribution in [0.3, 0.4) is 0 Å². The van der Waals surface area contributed by atoms with Gasteiger partial charge < -0.3 is 9.13 Å². The van der Waals surface area contributed by atoms with Crippen molar-refractivity contribution >= 4 is 43.5 Å². The Morgan fingerprint density at radius 2 is 0.920 bits per heavy atom. The first-order valence-corrected chi connectivity index (χ1v) is 16.9. The molecule has 50 heavy (non-hydrogen) atoms. The summed E-state index contributed by atoms with van der Waals surface area (Å²) in [5.41, 5.74) is 10.8. The lowest BCUT2D eigenvalue weighted by Gasteiger charge is -2.13. The van der Waals surface area contributed by atoms with Gasteiger partial charge in [-0.2, -0.15) is 0 Å². The predicted octanol–water partition coefficient (Wildman–Crippen LogP) is 11.7. The molecule has 0 unspecified atom stereocenters. The van der Waals surface area contributed by atoms with E-state index in [1.54, 1.807) is 0 Å². The van der Waals surface area contributed by atoms with Gasteiger partial charge in [0, 0.05) is 55.8 Å². The first-order valence-electron chi connectivity index (χ1n) is 16.9. The van der Waals surface area contributed by atoms with Gasteiger partial charge >= 0.3 is 0 Å². The van der Waals surface area contributed by atoms with Gasteiger partial charge in [-0.3, -0.25) is 0 Å². The molecule has 234 valence electrons. The van der Waals surface area contributed by atoms with Crippen molar-refractivity contribution < 1.29 is 0 Å². The highest BCUT2D eigenvalue weighted by molar-refractivity contribution is 6.22. The second-order valence-corrected chi connectivity index (χ2v) is 12.7. The lowest BCUT2D eigenvalue weighted by atomic mass is 10.0. The lowest BCUT2D eigenvalue weighted by Crippen LogP contribution is -1.97. The van der Waals surface area contributed by atoms with Gasteiger partial charge in [-0.1, -0.05) is 127 Å². The summed E-state index contributed by atoms with van der Waals surface area (Å²) in [6.45, 7) is 0. The summed E-state index contributed by atoms with van der Waals surface area (Å²) < 4.78 is 4.69. The average Bonchev–Trinajstić information content (AvgIpc) is 3.79. The van der Waals surface area contributed by atoms with E-state index >= 15 is 0 Å². The third-order valence-corrected chi connectivity index (χ3v) is 9.78. The average molecular weight is 639 g/mol. The second kappa shape index (κ2) is 11.4. The maximum absolute atomic E-state index is 5.07. The van der Waals surface area contributed by atoms with E-state index in [0.29, 0.717) is 5.82 Å². The fraction of sp³-hybridized carbons (Fsp3) is 0. The molecule has 0 saturated heterocycles. The Bertz CT molecular complexity index is 2770. The van der Waals surface area contributed by atoms with Gasteiger partial charge in [-0.25, -0.2) is 9.97 Å². The summed E-state index contributed by atoms with van der Waals surface area (Å²) in [5.74, 6) is 0.715. The monoisotopic (exact) mass is 638 g/mol. The van der Waals surface area contributed by atoms with Crippen molar-refractivity contribution in [1.29, 1.82) is 0 Å². The first-order chi connectivity index (χ1) is 24.8. The van der Waals surface area contributed by atoms with E-state index in [9.17, 15) is 0 Å². The Morgan fingerprint density at radius 3 is 1.66 bits per heavy atom. The smallest absolute Gasteiger partial charge is 0.160 e. The normalized spacial score (nSPS) is 11.6. The first kappa shape index (κ1) is 28.3. The molecular formula is C46H30N4. The van der Waals surface area contributed by atoms with E-state index in [0.717, 1.165) is 39.5 Å². The molecule has 10 rings (SSSR count). The number of rotatable bonds is 5. The van der Waals surface area contributed by atoms with Crippen molar-refractivity contribution in [1.82, 2.24) is 19.1 Å². The van der Waals surface area contributed by atoms with E-state index < -0.39 is 0 Å². The Hall–Kier alpha value is -6.78. The fourth-order valence-corrected chi connectivity index (χ4v) is 7.42. The third kappa shape index (κ3) is 4.54. The number of hydrogen-bond donors (Lipinski definition) is 0. The van der Waals surface area contributed by atoms with Crippen molar-refractivity contribution in [2.45, 2.75) is 0 Å². The maximum atomic E-state index is 5.07. The van der Waals surface area contributed by atoms with Crippen LogP contribution in [0, 0.1) is 0 Å². The highest BCUT2D eigenvalue weighted by Gasteiger charge is 2.17. The summed E-state index contributed by atoms with van der Waals surface area (Å²) >= 11 is 0. The standard InChI is InChI=1S/C46H30N4/c1-4-12-31(13-5-1)41-30-42(48-46(47-41)33-14-6-2-7-15-33)32-20-22-35(23-21-32)50-44-19-11-10-18-37(44)40-25-24-36-38-28-29-49(34-16-8-3-9-17-34)43(38)27-26-39(36)45(40)50/h1-30H. The molecule has 7 aromatic carbocycles. The van der Waals surface area contributed by atoms with Crippen LogP contribution in [-0.4, -0.2) is 19.1 Å². The number of hydrogen-bond acceptors (Lipinski definition) is 2. The zero-order valence-electron chi connectivity index (χ0n) is 27.1. The minimum atomic E-state index is 0.715. The number of fused-ring (bicyclic) bond motifs is 7. The number of para-hydroxylation sites is 2. The van der Waals surface area contributed by atoms with Gasteiger partial charge in [0.25, 0.3) is 0 Å². The molecule has 0 saturated carbocycles. The quantitative estimate of drug-likeness (QED) is 0.188. The Morgan fingerprint density at radius 1 is 0.360 bits per heavy atom. The molecule has 0 aliphatic heterocycles. The Labute approximate surface area is 289 Å². The van der Waals surface area contributed by atoms with Gasteiger partial charge in [-0.15, -0.1) is 0 Å². The Kier molecular flexibility index (Phi) is 6.46. The molecule has 0 radical (unpaired) electrons. The van der Waals surface area contributed by atoms with Gasteiger partial charge in [0.2, 0.25) is 0 Å². The lowest BCUT2D eigenvalue weighted by molar-refractivity contribution is 1.13. The molecule has 3 heterocycles. The van der Waals surface area contributed by atoms with Crippen molar-refractivity contribution in [3.8, 4) is 45.3 Å². The Balaban J connectivity index is 1.14. The van der Waals surface area contributed by atoms with Crippen LogP contribution in [0.15, 0.2) is 182 Å². The molecule has 4 heteroatoms. The minimum absolute atomic E-state index is 0.715. The number of aromatic nitrogens is 4. The molecule has 0 fully saturated rings. The van der Waals surface area contributed by atoms with Gasteiger partial charge in [0.15, 0.2) is 5.82 Å². The van der Waals surface area contributed by atoms with Crippen molar-refractivity contribution in [2.24, 2.45) is 0 Å². The molecular weight excluding hydrogens is 609 g/mol. The SMILES string of the molecule is c1ccc(-c2cc(-c3ccc(-n4c5ccccc5c5ccc6c7ccn(-c8ccccc8)c7ccc6c54)cc3)nc(-c3ccccc3)n2)cc1. The van der Waals surface area contributed by atoms with Crippen LogP contribution < -0.4 is 0 Å². The van der Waals surface area contributed by atoms with Crippen LogP contribution in [0.25, 0.3) is 88.8 Å². The molecule has 0 N–H and O–H groups in total. The summed E-state index contributed by atoms with van der Waals surface area (Å²) in [6, 6.07) is 62.1. The summed E-state index contributed by atoms with van der Waals surface area (Å²) in [4.78, 5) is 10.0. The summed E-state index contributed by atoms with van der Waals surface area (Å²) in [6.07, 6.45) is 2.18. The van der Waals surface area contributed by atoms with Crippen molar-refractivity contribution in [3.63, 3.8) is 0 Å². The van der Waals surface area contributed by atoms with E-state index in [-0.39, 0.29) is 0 Å². The summed E-state index contributed by atoms with van der Waals surface area (Å²) in [7, 11) is 0. The van der Waals surface area contributed by atoms with E-state index in [4.69, 9.17) is 9.97 Å². The van der Waals surface area contributed by atoms with E-state index in [1.807, 2.05) is 36.4 Å². The van der Waals surface area contributed by atoms with Crippen LogP contribution in [0.4, 0.5) is 0 Å². The van der Waals surface area contributed by atoms with Crippen LogP contribution >= 0.6 is 0 Å². The molecule has 10 aromatic rings. The molecule has 0 aliphatic carbocycles. The van der Waals surface area contributed by atoms with Crippen molar-refractivity contribution in [2.75, 3.05) is 0 Å². The largest absolute Gasteiger partial charge is 0.317 e. The molecule has 4 nitrogen and oxygen atoms in total. The third-order valence-electron chi connectivity index (χ3n) is 9.78. The topological polar surface area (TPSA) is 35.6 Å². The zero-order chi connectivity index (χ0) is 33.0. The molecule has 0 aliphatic rings. The van der Waals surface area contributed by atoms with E-state index in [1.165, 1.54) is 43.5 Å². The van der Waals surface area contributed by atoms with Gasteiger partial charge in [0.05, 0.1) is 27.9 Å². The highest BCUT2D eigenvalue weighted by atomic mass is 15.0. The predicted molar refractivity (Wildman–Crippen MR) is 207 cm³/mol. The number of benzene rings is 7.